The molecule has 0 radical (unpaired) electrons. The molecule has 0 aliphatic rings. The average Bonchev–Trinajstić information content (AvgIpc) is 2.73. The second-order valence-corrected chi connectivity index (χ2v) is 8.44. The fraction of sp³-hybridized carbons (Fsp3) is 0.429. The van der Waals surface area contributed by atoms with Crippen LogP contribution in [0.5, 0.6) is 0 Å². The number of nitrogens with zero attached hydrogens (tertiary/aromatic N) is 1. The van der Waals surface area contributed by atoms with E-state index in [1.54, 1.807) is 6.08 Å². The van der Waals surface area contributed by atoms with Gasteiger partial charge in [0.25, 0.3) is 0 Å². The van der Waals surface area contributed by atoms with Crippen LogP contribution in [-0.4, -0.2) is 23.1 Å². The van der Waals surface area contributed by atoms with Gasteiger partial charge in [-0.15, -0.1) is 0 Å². The largest absolute Gasteiger partial charge is 2.00 e. The van der Waals surface area contributed by atoms with Gasteiger partial charge in [-0.1, -0.05) is 46.4 Å². The third kappa shape index (κ3) is 5.72. The maximum atomic E-state index is 12.6. The summed E-state index contributed by atoms with van der Waals surface area (Å²) in [7, 11) is 0. The van der Waals surface area contributed by atoms with Gasteiger partial charge < -0.3 is 4.58 Å². The summed E-state index contributed by atoms with van der Waals surface area (Å²) in [6.07, 6.45) is 7.40. The van der Waals surface area contributed by atoms with Crippen LogP contribution in [0.1, 0.15) is 69.0 Å². The van der Waals surface area contributed by atoms with E-state index in [1.165, 1.54) is 50.1 Å². The first-order valence-corrected chi connectivity index (χ1v) is 10.7. The number of rotatable bonds is 6. The standard InChI is InChI=1S/C28H36NO.W/c1-11-29(28-16-17(2)18(3)19(4)25(28)10)15-14-26(30)12-13-27-23(8)21(6)20(5)22(7)24(27)9;/h12-13H,14-15H2,1-10H3;/q-1;+2/b13-12+;. The summed E-state index contributed by atoms with van der Waals surface area (Å²) in [4.78, 5) is 12.6. The summed E-state index contributed by atoms with van der Waals surface area (Å²) in [5.41, 5.74) is 13.6. The topological polar surface area (TPSA) is 20.1 Å². The molecule has 0 spiro atoms. The average molecular weight is 586 g/mol. The number of hydrogen-bond donors (Lipinski definition) is 0. The number of aryl methyl sites for hydroxylation is 1. The molecule has 31 heavy (non-hydrogen) atoms. The molecule has 2 nitrogen and oxygen atoms in total. The predicted octanol–water partition coefficient (Wildman–Crippen LogP) is 6.54. The maximum absolute atomic E-state index is 12.6. The van der Waals surface area contributed by atoms with Gasteiger partial charge in [0.05, 0.1) is 6.42 Å². The molecule has 0 saturated heterocycles. The Labute approximate surface area is 203 Å². The molecule has 0 atom stereocenters. The normalized spacial score (nSPS) is 11.7. The molecule has 0 N–H and O–H groups in total. The summed E-state index contributed by atoms with van der Waals surface area (Å²) >= 11 is 0. The number of benzene rings is 2. The van der Waals surface area contributed by atoms with Crippen LogP contribution in [-0.2, 0) is 25.9 Å². The van der Waals surface area contributed by atoms with Crippen molar-refractivity contribution in [2.45, 2.75) is 75.7 Å². The Morgan fingerprint density at radius 1 is 0.806 bits per heavy atom. The molecular formula is C28H36NOW+. The van der Waals surface area contributed by atoms with Crippen LogP contribution in [0.4, 0.5) is 5.69 Å². The van der Waals surface area contributed by atoms with Crippen LogP contribution in [0.2, 0.25) is 0 Å². The molecule has 0 aliphatic carbocycles. The molecule has 3 heteroatoms. The van der Waals surface area contributed by atoms with E-state index in [9.17, 15) is 4.79 Å². The molecule has 0 fully saturated rings. The van der Waals surface area contributed by atoms with Gasteiger partial charge in [0, 0.05) is 6.21 Å². The third-order valence-electron chi connectivity index (χ3n) is 6.96. The van der Waals surface area contributed by atoms with Gasteiger partial charge in [-0.3, -0.25) is 4.79 Å². The van der Waals surface area contributed by atoms with E-state index in [1.807, 2.05) is 17.6 Å². The van der Waals surface area contributed by atoms with Crippen molar-refractivity contribution in [1.82, 2.24) is 0 Å². The van der Waals surface area contributed by atoms with Crippen LogP contribution in [0.15, 0.2) is 6.08 Å². The van der Waals surface area contributed by atoms with Crippen molar-refractivity contribution in [3.63, 3.8) is 0 Å². The van der Waals surface area contributed by atoms with Crippen molar-refractivity contribution in [3.8, 4) is 0 Å². The quantitative estimate of drug-likeness (QED) is 0.163. The number of carbonyl (C=O) groups excluding carboxylic acids is 1. The zero-order chi connectivity index (χ0) is 22.7. The van der Waals surface area contributed by atoms with Gasteiger partial charge in [0.2, 0.25) is 0 Å². The second kappa shape index (κ2) is 11.2. The molecule has 0 heterocycles. The maximum Gasteiger partial charge on any atom is 2.00 e. The van der Waals surface area contributed by atoms with E-state index in [2.05, 4.69) is 74.6 Å². The SMILES string of the molecule is C[C-]=[N+](CCC(=O)/C=C/c1c(C)c(C)c(C)c(C)c1C)c1[c-]c(C)c(C)c(C)c1C.[W+2]. The number of carbonyl (C=O) groups is 1. The van der Waals surface area contributed by atoms with Crippen molar-refractivity contribution < 1.29 is 30.4 Å². The van der Waals surface area contributed by atoms with Gasteiger partial charge in [-0.05, 0) is 74.1 Å². The van der Waals surface area contributed by atoms with Crippen molar-refractivity contribution in [3.05, 3.63) is 67.8 Å². The van der Waals surface area contributed by atoms with Gasteiger partial charge in [-0.25, -0.2) is 6.07 Å². The van der Waals surface area contributed by atoms with Gasteiger partial charge >= 0.3 is 21.1 Å². The number of hydrogen-bond acceptors (Lipinski definition) is 1. The minimum atomic E-state index is 0. The van der Waals surface area contributed by atoms with Crippen LogP contribution < -0.4 is 0 Å². The minimum Gasteiger partial charge on any atom is -0.385 e. The first-order valence-electron chi connectivity index (χ1n) is 10.7. The zero-order valence-corrected chi connectivity index (χ0v) is 23.8. The molecule has 0 saturated carbocycles. The van der Waals surface area contributed by atoms with E-state index in [4.69, 9.17) is 0 Å². The van der Waals surface area contributed by atoms with E-state index >= 15 is 0 Å². The van der Waals surface area contributed by atoms with E-state index in [-0.39, 0.29) is 26.8 Å². The smallest absolute Gasteiger partial charge is 0.385 e. The number of ketones is 1. The van der Waals surface area contributed by atoms with E-state index in [0.29, 0.717) is 13.0 Å². The summed E-state index contributed by atoms with van der Waals surface area (Å²) in [6.45, 7) is 21.7. The van der Waals surface area contributed by atoms with Crippen LogP contribution in [0, 0.1) is 68.4 Å². The Hall–Kier alpha value is -1.79. The van der Waals surface area contributed by atoms with Gasteiger partial charge in [-0.2, -0.15) is 22.3 Å². The molecule has 0 bridgehead atoms. The fourth-order valence-electron chi connectivity index (χ4n) is 3.97. The van der Waals surface area contributed by atoms with Crippen molar-refractivity contribution >= 4 is 23.8 Å². The molecule has 0 aliphatic heterocycles. The van der Waals surface area contributed by atoms with Gasteiger partial charge in [0.15, 0.2) is 5.78 Å². The van der Waals surface area contributed by atoms with Crippen LogP contribution in [0.25, 0.3) is 6.08 Å². The van der Waals surface area contributed by atoms with Crippen molar-refractivity contribution in [2.75, 3.05) is 6.54 Å². The van der Waals surface area contributed by atoms with Crippen molar-refractivity contribution in [2.24, 2.45) is 0 Å². The Morgan fingerprint density at radius 3 is 1.81 bits per heavy atom. The molecule has 0 amide bonds. The molecule has 164 valence electrons. The minimum absolute atomic E-state index is 0. The monoisotopic (exact) mass is 586 g/mol. The molecule has 2 aromatic rings. The van der Waals surface area contributed by atoms with Gasteiger partial charge in [0.1, 0.15) is 6.54 Å². The number of allylic oxidation sites excluding steroid dienone is 1. The summed E-state index contributed by atoms with van der Waals surface area (Å²) < 4.78 is 2.02. The molecule has 0 aromatic heterocycles. The summed E-state index contributed by atoms with van der Waals surface area (Å²) in [5, 5.41) is 0. The zero-order valence-electron chi connectivity index (χ0n) is 20.8. The Morgan fingerprint density at radius 2 is 1.29 bits per heavy atom. The third-order valence-corrected chi connectivity index (χ3v) is 6.96. The first kappa shape index (κ1) is 27.2. The summed E-state index contributed by atoms with van der Waals surface area (Å²) in [5.74, 6) is 0.128. The van der Waals surface area contributed by atoms with Crippen molar-refractivity contribution in [1.29, 1.82) is 0 Å². The molecular weight excluding hydrogens is 550 g/mol. The van der Waals surface area contributed by atoms with E-state index < -0.39 is 0 Å². The fourth-order valence-corrected chi connectivity index (χ4v) is 3.97. The van der Waals surface area contributed by atoms with Crippen LogP contribution >= 0.6 is 0 Å². The summed E-state index contributed by atoms with van der Waals surface area (Å²) in [6, 6.07) is 3.48. The molecule has 2 aromatic carbocycles. The molecule has 2 rings (SSSR count). The second-order valence-electron chi connectivity index (χ2n) is 8.44. The van der Waals surface area contributed by atoms with Crippen LogP contribution in [0.3, 0.4) is 0 Å². The Bertz CT molecular complexity index is 1030. The Balaban J connectivity index is 0.00000480. The molecule has 0 unspecified atom stereocenters. The Kier molecular flexibility index (Phi) is 9.83. The first-order chi connectivity index (χ1) is 14.0. The predicted molar refractivity (Wildman–Crippen MR) is 128 cm³/mol. The van der Waals surface area contributed by atoms with E-state index in [0.717, 1.165) is 11.3 Å².